The zero-order valence-electron chi connectivity index (χ0n) is 17.4. The lowest BCUT2D eigenvalue weighted by molar-refractivity contribution is -0.123. The van der Waals surface area contributed by atoms with Gasteiger partial charge in [-0.25, -0.2) is 0 Å². The second-order valence-corrected chi connectivity index (χ2v) is 8.47. The van der Waals surface area contributed by atoms with E-state index in [0.717, 1.165) is 40.6 Å². The van der Waals surface area contributed by atoms with Gasteiger partial charge in [0.15, 0.2) is 0 Å². The molecule has 2 aromatic rings. The van der Waals surface area contributed by atoms with E-state index in [1.807, 2.05) is 37.3 Å². The Kier molecular flexibility index (Phi) is 6.80. The second kappa shape index (κ2) is 9.31. The van der Waals surface area contributed by atoms with E-state index >= 15 is 0 Å². The molecule has 0 saturated carbocycles. The van der Waals surface area contributed by atoms with Crippen molar-refractivity contribution in [3.63, 3.8) is 0 Å². The normalized spacial score (nSPS) is 15.6. The van der Waals surface area contributed by atoms with E-state index < -0.39 is 0 Å². The van der Waals surface area contributed by atoms with Gasteiger partial charge in [-0.15, -0.1) is 0 Å². The van der Waals surface area contributed by atoms with Crippen molar-refractivity contribution in [3.05, 3.63) is 69.6 Å². The second-order valence-electron chi connectivity index (χ2n) is 7.47. The number of thioether (sulfide) groups is 1. The number of hydrogen-bond acceptors (Lipinski definition) is 4. The van der Waals surface area contributed by atoms with Crippen LogP contribution >= 0.6 is 11.8 Å². The van der Waals surface area contributed by atoms with Crippen LogP contribution in [0.5, 0.6) is 5.75 Å². The van der Waals surface area contributed by atoms with Gasteiger partial charge in [0.25, 0.3) is 11.1 Å². The van der Waals surface area contributed by atoms with Gasteiger partial charge in [0.2, 0.25) is 0 Å². The predicted molar refractivity (Wildman–Crippen MR) is 119 cm³/mol. The van der Waals surface area contributed by atoms with Crippen molar-refractivity contribution < 1.29 is 14.3 Å². The summed E-state index contributed by atoms with van der Waals surface area (Å²) >= 11 is 0.986. The Morgan fingerprint density at radius 1 is 1.10 bits per heavy atom. The van der Waals surface area contributed by atoms with Gasteiger partial charge in [-0.2, -0.15) is 0 Å². The molecule has 2 amide bonds. The SMILES string of the molecule is CCc1ccc(/C=C2\SC(=O)N(CCOc3cc(C)ccc3C(C)C)C2=O)cc1. The molecule has 0 bridgehead atoms. The highest BCUT2D eigenvalue weighted by Crippen LogP contribution is 2.32. The number of aryl methyl sites for hydroxylation is 2. The van der Waals surface area contributed by atoms with E-state index in [9.17, 15) is 9.59 Å². The zero-order chi connectivity index (χ0) is 21.0. The first-order valence-corrected chi connectivity index (χ1v) is 10.8. The molecular weight excluding hydrogens is 382 g/mol. The standard InChI is InChI=1S/C24H27NO3S/c1-5-18-7-9-19(10-8-18)15-22-23(26)25(24(27)29-22)12-13-28-21-14-17(4)6-11-20(21)16(2)3/h6-11,14-16H,5,12-13H2,1-4H3/b22-15-. The van der Waals surface area contributed by atoms with Gasteiger partial charge in [0.05, 0.1) is 11.4 Å². The molecule has 0 aliphatic carbocycles. The van der Waals surface area contributed by atoms with Crippen LogP contribution in [0, 0.1) is 6.92 Å². The average molecular weight is 410 g/mol. The molecule has 4 nitrogen and oxygen atoms in total. The molecule has 0 radical (unpaired) electrons. The first-order chi connectivity index (χ1) is 13.9. The largest absolute Gasteiger partial charge is 0.491 e. The number of ether oxygens (including phenoxy) is 1. The number of amides is 2. The van der Waals surface area contributed by atoms with Crippen LogP contribution in [-0.4, -0.2) is 29.2 Å². The maximum atomic E-state index is 12.7. The Morgan fingerprint density at radius 2 is 1.83 bits per heavy atom. The summed E-state index contributed by atoms with van der Waals surface area (Å²) in [6.45, 7) is 8.87. The Hall–Kier alpha value is -2.53. The highest BCUT2D eigenvalue weighted by Gasteiger charge is 2.34. The van der Waals surface area contributed by atoms with Gasteiger partial charge in [-0.3, -0.25) is 14.5 Å². The summed E-state index contributed by atoms with van der Waals surface area (Å²) in [6.07, 6.45) is 2.75. The molecule has 1 heterocycles. The molecule has 3 rings (SSSR count). The smallest absolute Gasteiger partial charge is 0.293 e. The summed E-state index contributed by atoms with van der Waals surface area (Å²) in [5.41, 5.74) is 4.40. The molecule has 0 aromatic heterocycles. The van der Waals surface area contributed by atoms with Crippen molar-refractivity contribution in [2.24, 2.45) is 0 Å². The number of rotatable bonds is 7. The molecule has 0 spiro atoms. The fraction of sp³-hybridized carbons (Fsp3) is 0.333. The molecule has 1 fully saturated rings. The minimum atomic E-state index is -0.253. The van der Waals surface area contributed by atoms with Crippen LogP contribution in [0.2, 0.25) is 0 Å². The van der Waals surface area contributed by atoms with E-state index in [1.165, 1.54) is 10.5 Å². The van der Waals surface area contributed by atoms with Gasteiger partial charge in [-0.05, 0) is 65.4 Å². The Morgan fingerprint density at radius 3 is 2.48 bits per heavy atom. The Bertz CT molecular complexity index is 932. The quantitative estimate of drug-likeness (QED) is 0.543. The first-order valence-electron chi connectivity index (χ1n) is 9.96. The number of carbonyl (C=O) groups is 2. The lowest BCUT2D eigenvalue weighted by atomic mass is 10.0. The van der Waals surface area contributed by atoms with Gasteiger partial charge in [-0.1, -0.05) is 57.2 Å². The van der Waals surface area contributed by atoms with Crippen molar-refractivity contribution in [3.8, 4) is 5.75 Å². The average Bonchev–Trinajstić information content (AvgIpc) is 2.95. The minimum absolute atomic E-state index is 0.238. The summed E-state index contributed by atoms with van der Waals surface area (Å²) < 4.78 is 5.94. The van der Waals surface area contributed by atoms with E-state index in [0.29, 0.717) is 10.8 Å². The highest BCUT2D eigenvalue weighted by atomic mass is 32.2. The van der Waals surface area contributed by atoms with E-state index in [-0.39, 0.29) is 24.3 Å². The zero-order valence-corrected chi connectivity index (χ0v) is 18.2. The van der Waals surface area contributed by atoms with Crippen molar-refractivity contribution in [1.29, 1.82) is 0 Å². The third kappa shape index (κ3) is 5.10. The molecule has 1 aliphatic rings. The van der Waals surface area contributed by atoms with Crippen molar-refractivity contribution in [1.82, 2.24) is 4.90 Å². The van der Waals surface area contributed by atoms with Crippen LogP contribution in [0.3, 0.4) is 0 Å². The third-order valence-electron chi connectivity index (χ3n) is 4.92. The lowest BCUT2D eigenvalue weighted by Gasteiger charge is -2.17. The predicted octanol–water partition coefficient (Wildman–Crippen LogP) is 5.80. The Labute approximate surface area is 176 Å². The van der Waals surface area contributed by atoms with Crippen LogP contribution in [0.25, 0.3) is 6.08 Å². The number of benzene rings is 2. The van der Waals surface area contributed by atoms with Crippen molar-refractivity contribution in [2.75, 3.05) is 13.2 Å². The van der Waals surface area contributed by atoms with Gasteiger partial charge < -0.3 is 4.74 Å². The maximum Gasteiger partial charge on any atom is 0.293 e. The van der Waals surface area contributed by atoms with Crippen LogP contribution in [0.4, 0.5) is 4.79 Å². The van der Waals surface area contributed by atoms with Crippen LogP contribution in [0.15, 0.2) is 47.4 Å². The summed E-state index contributed by atoms with van der Waals surface area (Å²) in [5.74, 6) is 0.903. The fourth-order valence-corrected chi connectivity index (χ4v) is 4.05. The lowest BCUT2D eigenvalue weighted by Crippen LogP contribution is -2.32. The molecule has 2 aromatic carbocycles. The number of hydrogen-bond donors (Lipinski definition) is 0. The van der Waals surface area contributed by atoms with E-state index in [1.54, 1.807) is 6.08 Å². The maximum absolute atomic E-state index is 12.7. The van der Waals surface area contributed by atoms with Crippen molar-refractivity contribution in [2.45, 2.75) is 40.0 Å². The molecule has 0 unspecified atom stereocenters. The number of carbonyl (C=O) groups excluding carboxylic acids is 2. The van der Waals surface area contributed by atoms with Gasteiger partial charge in [0, 0.05) is 0 Å². The molecule has 5 heteroatoms. The summed E-state index contributed by atoms with van der Waals surface area (Å²) in [7, 11) is 0. The summed E-state index contributed by atoms with van der Waals surface area (Å²) in [4.78, 5) is 26.7. The number of imide groups is 1. The number of nitrogens with zero attached hydrogens (tertiary/aromatic N) is 1. The highest BCUT2D eigenvalue weighted by molar-refractivity contribution is 8.18. The minimum Gasteiger partial charge on any atom is -0.491 e. The van der Waals surface area contributed by atoms with Gasteiger partial charge in [0.1, 0.15) is 12.4 Å². The molecule has 0 N–H and O–H groups in total. The third-order valence-corrected chi connectivity index (χ3v) is 5.83. The molecule has 0 atom stereocenters. The van der Waals surface area contributed by atoms with Crippen LogP contribution in [0.1, 0.15) is 48.9 Å². The van der Waals surface area contributed by atoms with E-state index in [2.05, 4.69) is 32.9 Å². The van der Waals surface area contributed by atoms with E-state index in [4.69, 9.17) is 4.74 Å². The van der Waals surface area contributed by atoms with Crippen LogP contribution in [-0.2, 0) is 11.2 Å². The summed E-state index contributed by atoms with van der Waals surface area (Å²) in [6, 6.07) is 14.2. The molecule has 152 valence electrons. The summed E-state index contributed by atoms with van der Waals surface area (Å²) in [5, 5.41) is -0.247. The fourth-order valence-electron chi connectivity index (χ4n) is 3.18. The van der Waals surface area contributed by atoms with Crippen molar-refractivity contribution >= 4 is 29.0 Å². The molecule has 29 heavy (non-hydrogen) atoms. The topological polar surface area (TPSA) is 46.6 Å². The molecular formula is C24H27NO3S. The monoisotopic (exact) mass is 409 g/mol. The molecule has 1 saturated heterocycles. The first kappa shape index (κ1) is 21.2. The van der Waals surface area contributed by atoms with Crippen LogP contribution < -0.4 is 4.74 Å². The Balaban J connectivity index is 1.65. The molecule has 1 aliphatic heterocycles. The van der Waals surface area contributed by atoms with Gasteiger partial charge >= 0.3 is 0 Å².